The van der Waals surface area contributed by atoms with Crippen molar-refractivity contribution in [2.24, 2.45) is 0 Å². The van der Waals surface area contributed by atoms with Crippen molar-refractivity contribution in [2.75, 3.05) is 6.61 Å². The number of hydrogen-bond acceptors (Lipinski definition) is 2. The van der Waals surface area contributed by atoms with Gasteiger partial charge in [0, 0.05) is 9.86 Å². The Balaban J connectivity index is 2.55. The molecule has 0 aliphatic carbocycles. The second-order valence-electron chi connectivity index (χ2n) is 3.22. The molecule has 1 heterocycles. The molecule has 0 saturated carbocycles. The summed E-state index contributed by atoms with van der Waals surface area (Å²) >= 11 is 3.28. The van der Waals surface area contributed by atoms with Crippen LogP contribution in [0, 0.1) is 5.82 Å². The molecule has 0 fully saturated rings. The quantitative estimate of drug-likeness (QED) is 0.861. The van der Waals surface area contributed by atoms with Gasteiger partial charge >= 0.3 is 5.97 Å². The molecular weight excluding hydrogens is 277 g/mol. The Bertz CT molecular complexity index is 511. The number of aromatic nitrogens is 1. The molecule has 2 rings (SSSR count). The highest BCUT2D eigenvalue weighted by atomic mass is 79.9. The predicted molar refractivity (Wildman–Crippen MR) is 61.9 cm³/mol. The summed E-state index contributed by atoms with van der Waals surface area (Å²) in [4.78, 5) is 14.3. The highest BCUT2D eigenvalue weighted by Crippen LogP contribution is 2.26. The van der Waals surface area contributed by atoms with E-state index in [1.807, 2.05) is 0 Å². The number of aromatic amines is 1. The summed E-state index contributed by atoms with van der Waals surface area (Å²) in [5, 5.41) is 0.373. The molecule has 1 aromatic carbocycles. The number of nitrogens with one attached hydrogen (secondary N) is 1. The van der Waals surface area contributed by atoms with Crippen molar-refractivity contribution in [1.82, 2.24) is 4.98 Å². The van der Waals surface area contributed by atoms with Gasteiger partial charge < -0.3 is 9.72 Å². The van der Waals surface area contributed by atoms with Crippen molar-refractivity contribution in [2.45, 2.75) is 6.92 Å². The summed E-state index contributed by atoms with van der Waals surface area (Å²) in [5.41, 5.74) is 0.811. The lowest BCUT2D eigenvalue weighted by Gasteiger charge is -1.97. The third-order valence-corrected chi connectivity index (χ3v) is 2.85. The van der Waals surface area contributed by atoms with Crippen LogP contribution >= 0.6 is 15.9 Å². The van der Waals surface area contributed by atoms with Crippen LogP contribution in [0.5, 0.6) is 0 Å². The van der Waals surface area contributed by atoms with E-state index in [0.717, 1.165) is 0 Å². The molecule has 0 unspecified atom stereocenters. The number of halogens is 2. The van der Waals surface area contributed by atoms with E-state index in [4.69, 9.17) is 4.74 Å². The van der Waals surface area contributed by atoms with Crippen LogP contribution in [0.4, 0.5) is 4.39 Å². The second kappa shape index (κ2) is 4.25. The number of H-pyrrole nitrogens is 1. The van der Waals surface area contributed by atoms with Gasteiger partial charge in [-0.25, -0.2) is 9.18 Å². The lowest BCUT2D eigenvalue weighted by atomic mass is 10.2. The van der Waals surface area contributed by atoms with E-state index >= 15 is 0 Å². The number of carbonyl (C=O) groups excluding carboxylic acids is 1. The molecule has 0 atom stereocenters. The monoisotopic (exact) mass is 285 g/mol. The van der Waals surface area contributed by atoms with E-state index in [-0.39, 0.29) is 18.1 Å². The van der Waals surface area contributed by atoms with Crippen molar-refractivity contribution in [3.63, 3.8) is 0 Å². The van der Waals surface area contributed by atoms with Crippen LogP contribution in [-0.4, -0.2) is 17.6 Å². The van der Waals surface area contributed by atoms with E-state index in [2.05, 4.69) is 20.9 Å². The minimum absolute atomic E-state index is 0.252. The molecule has 0 saturated heterocycles. The Labute approximate surface area is 99.7 Å². The number of rotatable bonds is 2. The van der Waals surface area contributed by atoms with Crippen LogP contribution in [0.3, 0.4) is 0 Å². The fourth-order valence-electron chi connectivity index (χ4n) is 1.47. The summed E-state index contributed by atoms with van der Waals surface area (Å²) in [6.45, 7) is 2.01. The van der Waals surface area contributed by atoms with Gasteiger partial charge in [0.2, 0.25) is 0 Å². The van der Waals surface area contributed by atoms with Crippen molar-refractivity contribution in [3.8, 4) is 0 Å². The number of hydrogen-bond donors (Lipinski definition) is 1. The fourth-order valence-corrected chi connectivity index (χ4v) is 1.91. The van der Waals surface area contributed by atoms with Gasteiger partial charge in [-0.15, -0.1) is 0 Å². The smallest absolute Gasteiger partial charge is 0.354 e. The lowest BCUT2D eigenvalue weighted by molar-refractivity contribution is 0.0520. The van der Waals surface area contributed by atoms with Gasteiger partial charge in [0.05, 0.1) is 12.1 Å². The molecule has 1 aromatic heterocycles. The number of carbonyl (C=O) groups is 1. The Hall–Kier alpha value is -1.36. The van der Waals surface area contributed by atoms with Gasteiger partial charge in [-0.1, -0.05) is 0 Å². The molecule has 0 bridgehead atoms. The van der Waals surface area contributed by atoms with Crippen LogP contribution in [0.25, 0.3) is 10.9 Å². The molecule has 2 aromatic rings. The Morgan fingerprint density at radius 2 is 2.31 bits per heavy atom. The van der Waals surface area contributed by atoms with E-state index in [1.165, 1.54) is 12.1 Å². The number of fused-ring (bicyclic) bond motifs is 1. The normalized spacial score (nSPS) is 10.7. The van der Waals surface area contributed by atoms with Crippen LogP contribution in [0.15, 0.2) is 22.7 Å². The topological polar surface area (TPSA) is 42.1 Å². The predicted octanol–water partition coefficient (Wildman–Crippen LogP) is 3.25. The summed E-state index contributed by atoms with van der Waals surface area (Å²) in [7, 11) is 0. The zero-order chi connectivity index (χ0) is 11.7. The fraction of sp³-hybridized carbons (Fsp3) is 0.182. The first kappa shape index (κ1) is 11.1. The van der Waals surface area contributed by atoms with E-state index in [1.54, 1.807) is 13.0 Å². The zero-order valence-corrected chi connectivity index (χ0v) is 10.1. The van der Waals surface area contributed by atoms with E-state index in [0.29, 0.717) is 15.4 Å². The van der Waals surface area contributed by atoms with Gasteiger partial charge in [0.1, 0.15) is 11.5 Å². The van der Waals surface area contributed by atoms with Gasteiger partial charge in [-0.05, 0) is 41.1 Å². The summed E-state index contributed by atoms with van der Waals surface area (Å²) in [6.07, 6.45) is 0. The van der Waals surface area contributed by atoms with Crippen LogP contribution in [0.1, 0.15) is 17.4 Å². The van der Waals surface area contributed by atoms with Crippen LogP contribution < -0.4 is 0 Å². The molecule has 16 heavy (non-hydrogen) atoms. The summed E-state index contributed by atoms with van der Waals surface area (Å²) in [5.74, 6) is -0.852. The molecule has 0 aliphatic heterocycles. The Morgan fingerprint density at radius 3 is 2.94 bits per heavy atom. The van der Waals surface area contributed by atoms with Crippen molar-refractivity contribution < 1.29 is 13.9 Å². The highest BCUT2D eigenvalue weighted by molar-refractivity contribution is 9.10. The third-order valence-electron chi connectivity index (χ3n) is 2.19. The van der Waals surface area contributed by atoms with Gasteiger partial charge in [-0.3, -0.25) is 0 Å². The Kier molecular flexibility index (Phi) is 2.96. The summed E-state index contributed by atoms with van der Waals surface area (Å²) in [6, 6.07) is 4.38. The number of benzene rings is 1. The third kappa shape index (κ3) is 1.82. The minimum atomic E-state index is -0.481. The summed E-state index contributed by atoms with van der Waals surface area (Å²) < 4.78 is 19.0. The molecule has 0 radical (unpaired) electrons. The maximum absolute atomic E-state index is 13.4. The standard InChI is InChI=1S/C11H9BrFNO2/c1-2-16-11(15)9-5-6-8(13)4-3-7(12)10(6)14-9/h3-5,14H,2H2,1H3. The van der Waals surface area contributed by atoms with E-state index < -0.39 is 5.97 Å². The van der Waals surface area contributed by atoms with Crippen LogP contribution in [-0.2, 0) is 4.74 Å². The number of esters is 1. The van der Waals surface area contributed by atoms with Crippen molar-refractivity contribution in [3.05, 3.63) is 34.2 Å². The first-order valence-electron chi connectivity index (χ1n) is 4.77. The van der Waals surface area contributed by atoms with E-state index in [9.17, 15) is 9.18 Å². The molecule has 5 heteroatoms. The van der Waals surface area contributed by atoms with Gasteiger partial charge in [0.15, 0.2) is 0 Å². The SMILES string of the molecule is CCOC(=O)c1cc2c(F)ccc(Br)c2[nH]1. The first-order chi connectivity index (χ1) is 7.63. The maximum Gasteiger partial charge on any atom is 0.354 e. The minimum Gasteiger partial charge on any atom is -0.461 e. The van der Waals surface area contributed by atoms with Crippen molar-refractivity contribution >= 4 is 32.8 Å². The molecule has 84 valence electrons. The Morgan fingerprint density at radius 1 is 1.56 bits per heavy atom. The number of ether oxygens (including phenoxy) is 1. The van der Waals surface area contributed by atoms with Gasteiger partial charge in [-0.2, -0.15) is 0 Å². The molecule has 0 amide bonds. The highest BCUT2D eigenvalue weighted by Gasteiger charge is 2.14. The maximum atomic E-state index is 13.4. The first-order valence-corrected chi connectivity index (χ1v) is 5.56. The average molecular weight is 286 g/mol. The molecule has 0 spiro atoms. The molecular formula is C11H9BrFNO2. The van der Waals surface area contributed by atoms with Crippen molar-refractivity contribution in [1.29, 1.82) is 0 Å². The molecule has 0 aliphatic rings. The zero-order valence-electron chi connectivity index (χ0n) is 8.51. The largest absolute Gasteiger partial charge is 0.461 e. The lowest BCUT2D eigenvalue weighted by Crippen LogP contribution is -2.04. The molecule has 1 N–H and O–H groups in total. The average Bonchev–Trinajstić information content (AvgIpc) is 2.70. The second-order valence-corrected chi connectivity index (χ2v) is 4.08. The van der Waals surface area contributed by atoms with Crippen LogP contribution in [0.2, 0.25) is 0 Å². The van der Waals surface area contributed by atoms with Gasteiger partial charge in [0.25, 0.3) is 0 Å². The molecule has 3 nitrogen and oxygen atoms in total.